The van der Waals surface area contributed by atoms with E-state index in [1.807, 2.05) is 32.9 Å². The average Bonchev–Trinajstić information content (AvgIpc) is 2.18. The van der Waals surface area contributed by atoms with Crippen molar-refractivity contribution in [1.29, 1.82) is 10.5 Å². The van der Waals surface area contributed by atoms with Crippen molar-refractivity contribution in [3.63, 3.8) is 0 Å². The van der Waals surface area contributed by atoms with Crippen LogP contribution < -0.4 is 0 Å². The molecule has 1 rings (SSSR count). The SMILES string of the molecule is CC1=CC(=C(C#N)C#N)C=C(C(C)C)O1. The van der Waals surface area contributed by atoms with E-state index in [2.05, 4.69) is 0 Å². The number of ether oxygens (including phenoxy) is 1. The van der Waals surface area contributed by atoms with E-state index in [1.54, 1.807) is 12.2 Å². The van der Waals surface area contributed by atoms with Crippen molar-refractivity contribution in [3.8, 4) is 12.1 Å². The van der Waals surface area contributed by atoms with Crippen molar-refractivity contribution in [2.45, 2.75) is 20.8 Å². The van der Waals surface area contributed by atoms with Crippen LogP contribution >= 0.6 is 0 Å². The summed E-state index contributed by atoms with van der Waals surface area (Å²) in [5.41, 5.74) is 0.753. The van der Waals surface area contributed by atoms with Gasteiger partial charge in [0.15, 0.2) is 0 Å². The lowest BCUT2D eigenvalue weighted by Crippen LogP contribution is -2.04. The summed E-state index contributed by atoms with van der Waals surface area (Å²) in [5.74, 6) is 1.73. The molecule has 0 aromatic carbocycles. The predicted octanol–water partition coefficient (Wildman–Crippen LogP) is 2.80. The summed E-state index contributed by atoms with van der Waals surface area (Å²) < 4.78 is 5.49. The zero-order valence-electron chi connectivity index (χ0n) is 9.03. The monoisotopic (exact) mass is 200 g/mol. The quantitative estimate of drug-likeness (QED) is 0.611. The zero-order valence-corrected chi connectivity index (χ0v) is 9.03. The normalized spacial score (nSPS) is 14.7. The van der Waals surface area contributed by atoms with E-state index in [-0.39, 0.29) is 11.5 Å². The Morgan fingerprint density at radius 3 is 2.33 bits per heavy atom. The van der Waals surface area contributed by atoms with Crippen LogP contribution in [0.15, 0.2) is 34.8 Å². The molecule has 1 aliphatic rings. The summed E-state index contributed by atoms with van der Waals surface area (Å²) in [5, 5.41) is 17.5. The lowest BCUT2D eigenvalue weighted by molar-refractivity contribution is 0.263. The summed E-state index contributed by atoms with van der Waals surface area (Å²) >= 11 is 0. The van der Waals surface area contributed by atoms with Gasteiger partial charge >= 0.3 is 0 Å². The van der Waals surface area contributed by atoms with Gasteiger partial charge in [0.1, 0.15) is 29.2 Å². The molecule has 1 aliphatic heterocycles. The molecule has 0 unspecified atom stereocenters. The molecule has 0 fully saturated rings. The molecule has 3 nitrogen and oxygen atoms in total. The molecule has 0 saturated carbocycles. The minimum atomic E-state index is 0.121. The van der Waals surface area contributed by atoms with E-state index in [1.165, 1.54) is 0 Å². The molecule has 15 heavy (non-hydrogen) atoms. The first-order valence-electron chi connectivity index (χ1n) is 4.70. The molecule has 0 atom stereocenters. The number of hydrogen-bond donors (Lipinski definition) is 0. The molecule has 0 spiro atoms. The van der Waals surface area contributed by atoms with Crippen LogP contribution in [0.1, 0.15) is 20.8 Å². The van der Waals surface area contributed by atoms with Gasteiger partial charge in [-0.25, -0.2) is 0 Å². The Balaban J connectivity index is 3.22. The topological polar surface area (TPSA) is 56.8 Å². The Morgan fingerprint density at radius 2 is 1.87 bits per heavy atom. The van der Waals surface area contributed by atoms with E-state index in [0.29, 0.717) is 11.3 Å². The molecule has 1 heterocycles. The van der Waals surface area contributed by atoms with Gasteiger partial charge in [-0.2, -0.15) is 10.5 Å². The molecule has 0 bridgehead atoms. The molecule has 0 amide bonds. The Hall–Kier alpha value is -2.00. The van der Waals surface area contributed by atoms with Crippen LogP contribution in [0.4, 0.5) is 0 Å². The van der Waals surface area contributed by atoms with Gasteiger partial charge < -0.3 is 4.74 Å². The van der Waals surface area contributed by atoms with Crippen molar-refractivity contribution in [3.05, 3.63) is 34.8 Å². The maximum atomic E-state index is 8.76. The first kappa shape index (κ1) is 11.1. The molecule has 0 radical (unpaired) electrons. The van der Waals surface area contributed by atoms with Gasteiger partial charge in [0.25, 0.3) is 0 Å². The lowest BCUT2D eigenvalue weighted by atomic mass is 10.0. The molecule has 0 aromatic heterocycles. The Labute approximate surface area is 89.6 Å². The third kappa shape index (κ3) is 2.48. The minimum Gasteiger partial charge on any atom is -0.466 e. The van der Waals surface area contributed by atoms with Crippen LogP contribution in [0.3, 0.4) is 0 Å². The summed E-state index contributed by atoms with van der Waals surface area (Å²) in [6, 6.07) is 3.75. The largest absolute Gasteiger partial charge is 0.466 e. The fourth-order valence-corrected chi connectivity index (χ4v) is 1.24. The third-order valence-electron chi connectivity index (χ3n) is 2.02. The smallest absolute Gasteiger partial charge is 0.137 e. The second-order valence-corrected chi connectivity index (χ2v) is 3.61. The molecular formula is C12H12N2O. The number of hydrogen-bond acceptors (Lipinski definition) is 3. The van der Waals surface area contributed by atoms with Crippen molar-refractivity contribution >= 4 is 0 Å². The fourth-order valence-electron chi connectivity index (χ4n) is 1.24. The summed E-state index contributed by atoms with van der Waals surface area (Å²) in [7, 11) is 0. The van der Waals surface area contributed by atoms with Gasteiger partial charge in [-0.05, 0) is 19.1 Å². The summed E-state index contributed by atoms with van der Waals surface area (Å²) in [4.78, 5) is 0. The van der Waals surface area contributed by atoms with E-state index in [0.717, 1.165) is 5.76 Å². The van der Waals surface area contributed by atoms with Crippen molar-refractivity contribution in [2.75, 3.05) is 0 Å². The van der Waals surface area contributed by atoms with Crippen LogP contribution in [0, 0.1) is 28.6 Å². The first-order chi connectivity index (χ1) is 7.08. The van der Waals surface area contributed by atoms with Crippen molar-refractivity contribution in [2.24, 2.45) is 5.92 Å². The molecule has 0 aliphatic carbocycles. The van der Waals surface area contributed by atoms with Gasteiger partial charge in [0, 0.05) is 11.5 Å². The van der Waals surface area contributed by atoms with E-state index < -0.39 is 0 Å². The molecule has 0 aromatic rings. The third-order valence-corrected chi connectivity index (χ3v) is 2.02. The van der Waals surface area contributed by atoms with E-state index in [9.17, 15) is 0 Å². The number of allylic oxidation sites excluding steroid dienone is 6. The van der Waals surface area contributed by atoms with Gasteiger partial charge in [-0.15, -0.1) is 0 Å². The number of rotatable bonds is 1. The van der Waals surface area contributed by atoms with Crippen LogP contribution in [0.2, 0.25) is 0 Å². The zero-order chi connectivity index (χ0) is 11.4. The van der Waals surface area contributed by atoms with Crippen LogP contribution in [0.5, 0.6) is 0 Å². The van der Waals surface area contributed by atoms with E-state index >= 15 is 0 Å². The maximum absolute atomic E-state index is 8.76. The highest BCUT2D eigenvalue weighted by Crippen LogP contribution is 2.25. The van der Waals surface area contributed by atoms with Gasteiger partial charge in [-0.1, -0.05) is 13.8 Å². The van der Waals surface area contributed by atoms with Crippen molar-refractivity contribution in [1.82, 2.24) is 0 Å². The second-order valence-electron chi connectivity index (χ2n) is 3.61. The van der Waals surface area contributed by atoms with Gasteiger partial charge in [0.2, 0.25) is 0 Å². The fraction of sp³-hybridized carbons (Fsp3) is 0.333. The van der Waals surface area contributed by atoms with E-state index in [4.69, 9.17) is 15.3 Å². The Morgan fingerprint density at radius 1 is 1.27 bits per heavy atom. The number of nitriles is 2. The Bertz CT molecular complexity index is 423. The average molecular weight is 200 g/mol. The number of nitrogens with zero attached hydrogens (tertiary/aromatic N) is 2. The Kier molecular flexibility index (Phi) is 3.31. The minimum absolute atomic E-state index is 0.121. The lowest BCUT2D eigenvalue weighted by Gasteiger charge is -2.18. The molecule has 76 valence electrons. The molecule has 0 saturated heterocycles. The first-order valence-corrected chi connectivity index (χ1v) is 4.70. The molecule has 0 N–H and O–H groups in total. The van der Waals surface area contributed by atoms with Crippen LogP contribution in [0.25, 0.3) is 0 Å². The standard InChI is InChI=1S/C12H12N2O/c1-8(2)12-5-10(4-9(3)15-12)11(6-13)7-14/h4-5,8H,1-3H3. The van der Waals surface area contributed by atoms with Gasteiger partial charge in [0.05, 0.1) is 0 Å². The maximum Gasteiger partial charge on any atom is 0.137 e. The highest BCUT2D eigenvalue weighted by atomic mass is 16.5. The predicted molar refractivity (Wildman–Crippen MR) is 56.0 cm³/mol. The van der Waals surface area contributed by atoms with Gasteiger partial charge in [-0.3, -0.25) is 0 Å². The summed E-state index contributed by atoms with van der Waals surface area (Å²) in [6.45, 7) is 5.81. The van der Waals surface area contributed by atoms with Crippen molar-refractivity contribution < 1.29 is 4.74 Å². The molecule has 3 heteroatoms. The van der Waals surface area contributed by atoms with Crippen LogP contribution in [-0.2, 0) is 4.74 Å². The van der Waals surface area contributed by atoms with Crippen LogP contribution in [-0.4, -0.2) is 0 Å². The summed E-state index contributed by atoms with van der Waals surface area (Å²) in [6.07, 6.45) is 3.45. The second kappa shape index (κ2) is 4.48. The molecular weight excluding hydrogens is 188 g/mol. The highest BCUT2D eigenvalue weighted by molar-refractivity contribution is 5.52. The highest BCUT2D eigenvalue weighted by Gasteiger charge is 2.14.